The average molecular weight is 157 g/mol. The van der Waals surface area contributed by atoms with Crippen molar-refractivity contribution in [2.45, 2.75) is 38.6 Å². The van der Waals surface area contributed by atoms with Gasteiger partial charge in [0.15, 0.2) is 0 Å². The van der Waals surface area contributed by atoms with Crippen molar-refractivity contribution in [3.05, 3.63) is 0 Å². The highest BCUT2D eigenvalue weighted by atomic mass is 16.4. The molecule has 1 rings (SSSR count). The van der Waals surface area contributed by atoms with Crippen molar-refractivity contribution in [2.75, 3.05) is 0 Å². The lowest BCUT2D eigenvalue weighted by Crippen LogP contribution is -2.50. The summed E-state index contributed by atoms with van der Waals surface area (Å²) in [5.74, 6) is -0.666. The van der Waals surface area contributed by atoms with E-state index in [-0.39, 0.29) is 6.04 Å². The van der Waals surface area contributed by atoms with Crippen molar-refractivity contribution in [1.82, 2.24) is 0 Å². The molecule has 64 valence electrons. The summed E-state index contributed by atoms with van der Waals surface area (Å²) in [6.07, 6.45) is 3.03. The molecule has 1 aliphatic rings. The van der Waals surface area contributed by atoms with Crippen molar-refractivity contribution in [3.8, 4) is 0 Å². The molecule has 0 spiro atoms. The lowest BCUT2D eigenvalue weighted by atomic mass is 9.63. The van der Waals surface area contributed by atoms with E-state index >= 15 is 0 Å². The number of nitrogens with two attached hydrogens (primary N) is 1. The fourth-order valence-electron chi connectivity index (χ4n) is 1.91. The number of aliphatic carboxylic acids is 1. The Labute approximate surface area is 66.6 Å². The van der Waals surface area contributed by atoms with Gasteiger partial charge in [0.2, 0.25) is 0 Å². The fraction of sp³-hybridized carbons (Fsp3) is 0.875. The van der Waals surface area contributed by atoms with Crippen LogP contribution in [0, 0.1) is 5.41 Å². The third-order valence-corrected chi connectivity index (χ3v) is 2.49. The topological polar surface area (TPSA) is 63.3 Å². The Bertz CT molecular complexity index is 156. The number of carbonyl (C=O) groups is 1. The molecule has 1 aliphatic carbocycles. The first-order chi connectivity index (χ1) is 5.10. The predicted molar refractivity (Wildman–Crippen MR) is 42.2 cm³/mol. The Kier molecular flexibility index (Phi) is 2.18. The summed E-state index contributed by atoms with van der Waals surface area (Å²) in [7, 11) is 0. The van der Waals surface area contributed by atoms with Gasteiger partial charge in [-0.05, 0) is 19.3 Å². The molecule has 1 fully saturated rings. The zero-order valence-electron chi connectivity index (χ0n) is 6.84. The van der Waals surface area contributed by atoms with Gasteiger partial charge in [-0.2, -0.15) is 0 Å². The Balaban J connectivity index is 2.53. The normalized spacial score (nSPS) is 36.4. The molecule has 0 aliphatic heterocycles. The first-order valence-electron chi connectivity index (χ1n) is 4.10. The van der Waals surface area contributed by atoms with E-state index in [9.17, 15) is 4.79 Å². The van der Waals surface area contributed by atoms with E-state index in [4.69, 9.17) is 10.8 Å². The van der Waals surface area contributed by atoms with Crippen LogP contribution >= 0.6 is 0 Å². The van der Waals surface area contributed by atoms with E-state index in [2.05, 4.69) is 0 Å². The van der Waals surface area contributed by atoms with E-state index in [1.807, 2.05) is 6.92 Å². The Morgan fingerprint density at radius 1 is 1.73 bits per heavy atom. The van der Waals surface area contributed by atoms with Crippen LogP contribution in [0.1, 0.15) is 32.6 Å². The second kappa shape index (κ2) is 2.81. The van der Waals surface area contributed by atoms with Crippen molar-refractivity contribution in [2.24, 2.45) is 11.1 Å². The number of hydrogen-bond acceptors (Lipinski definition) is 2. The molecule has 0 radical (unpaired) electrons. The van der Waals surface area contributed by atoms with Gasteiger partial charge in [-0.15, -0.1) is 0 Å². The summed E-state index contributed by atoms with van der Waals surface area (Å²) in [5.41, 5.74) is 5.09. The summed E-state index contributed by atoms with van der Waals surface area (Å²) in [6, 6.07) is 0.123. The lowest BCUT2D eigenvalue weighted by Gasteiger charge is -2.42. The van der Waals surface area contributed by atoms with Crippen molar-refractivity contribution in [3.63, 3.8) is 0 Å². The van der Waals surface area contributed by atoms with Crippen LogP contribution in [-0.4, -0.2) is 17.1 Å². The molecule has 11 heavy (non-hydrogen) atoms. The molecule has 0 saturated heterocycles. The van der Waals surface area contributed by atoms with Crippen molar-refractivity contribution >= 4 is 5.97 Å². The Hall–Kier alpha value is -0.570. The fourth-order valence-corrected chi connectivity index (χ4v) is 1.91. The van der Waals surface area contributed by atoms with Gasteiger partial charge < -0.3 is 10.8 Å². The minimum atomic E-state index is -0.666. The average Bonchev–Trinajstić information content (AvgIpc) is 1.84. The molecule has 0 aromatic rings. The van der Waals surface area contributed by atoms with Gasteiger partial charge in [-0.25, -0.2) is 0 Å². The monoisotopic (exact) mass is 157 g/mol. The van der Waals surface area contributed by atoms with Gasteiger partial charge in [0.05, 0.1) is 5.41 Å². The molecule has 0 amide bonds. The smallest absolute Gasteiger partial charge is 0.309 e. The number of hydrogen-bond donors (Lipinski definition) is 2. The molecule has 3 N–H and O–H groups in total. The first-order valence-corrected chi connectivity index (χ1v) is 4.10. The standard InChI is InChI=1S/C8H15NO2/c1-2-3-8(7(10)11)4-6(9)5-8/h6H,2-5,9H2,1H3,(H,10,11). The van der Waals surface area contributed by atoms with Gasteiger partial charge in [0.25, 0.3) is 0 Å². The number of carboxylic acid groups (broad SMARTS) is 1. The third kappa shape index (κ3) is 1.38. The van der Waals surface area contributed by atoms with Gasteiger partial charge in [0, 0.05) is 6.04 Å². The maximum absolute atomic E-state index is 10.8. The van der Waals surface area contributed by atoms with Crippen LogP contribution in [0.2, 0.25) is 0 Å². The second-order valence-corrected chi connectivity index (χ2v) is 3.50. The highest BCUT2D eigenvalue weighted by Gasteiger charge is 2.47. The van der Waals surface area contributed by atoms with Crippen LogP contribution in [0.25, 0.3) is 0 Å². The summed E-state index contributed by atoms with van der Waals surface area (Å²) in [6.45, 7) is 2.01. The third-order valence-electron chi connectivity index (χ3n) is 2.49. The predicted octanol–water partition coefficient (Wildman–Crippen LogP) is 0.979. The molecule has 1 saturated carbocycles. The molecule has 3 nitrogen and oxygen atoms in total. The number of rotatable bonds is 3. The summed E-state index contributed by atoms with van der Waals surface area (Å²) >= 11 is 0. The van der Waals surface area contributed by atoms with E-state index in [0.717, 1.165) is 12.8 Å². The highest BCUT2D eigenvalue weighted by Crippen LogP contribution is 2.44. The van der Waals surface area contributed by atoms with Crippen LogP contribution in [0.5, 0.6) is 0 Å². The molecule has 0 atom stereocenters. The second-order valence-electron chi connectivity index (χ2n) is 3.50. The molecule has 0 bridgehead atoms. The first kappa shape index (κ1) is 8.53. The van der Waals surface area contributed by atoms with Crippen LogP contribution in [-0.2, 0) is 4.79 Å². The maximum atomic E-state index is 10.8. The molecule has 0 unspecified atom stereocenters. The quantitative estimate of drug-likeness (QED) is 0.641. The molecular weight excluding hydrogens is 142 g/mol. The van der Waals surface area contributed by atoms with Gasteiger partial charge >= 0.3 is 5.97 Å². The summed E-state index contributed by atoms with van der Waals surface area (Å²) < 4.78 is 0. The minimum absolute atomic E-state index is 0.123. The largest absolute Gasteiger partial charge is 0.481 e. The summed E-state index contributed by atoms with van der Waals surface area (Å²) in [4.78, 5) is 10.8. The molecular formula is C8H15NO2. The van der Waals surface area contributed by atoms with Gasteiger partial charge in [-0.1, -0.05) is 13.3 Å². The van der Waals surface area contributed by atoms with Crippen LogP contribution in [0.3, 0.4) is 0 Å². The molecule has 0 heterocycles. The Morgan fingerprint density at radius 2 is 2.27 bits per heavy atom. The number of carboxylic acids is 1. The lowest BCUT2D eigenvalue weighted by molar-refractivity contribution is -0.156. The molecule has 3 heteroatoms. The van der Waals surface area contributed by atoms with E-state index in [1.54, 1.807) is 0 Å². The Morgan fingerprint density at radius 3 is 2.55 bits per heavy atom. The van der Waals surface area contributed by atoms with Crippen LogP contribution in [0.4, 0.5) is 0 Å². The van der Waals surface area contributed by atoms with Gasteiger partial charge in [0.1, 0.15) is 0 Å². The molecule has 0 aromatic heterocycles. The maximum Gasteiger partial charge on any atom is 0.309 e. The summed E-state index contributed by atoms with van der Waals surface area (Å²) in [5, 5.41) is 8.88. The van der Waals surface area contributed by atoms with E-state index < -0.39 is 11.4 Å². The van der Waals surface area contributed by atoms with Gasteiger partial charge in [-0.3, -0.25) is 4.79 Å². The zero-order chi connectivity index (χ0) is 8.48. The minimum Gasteiger partial charge on any atom is -0.481 e. The van der Waals surface area contributed by atoms with E-state index in [0.29, 0.717) is 12.8 Å². The molecule has 0 aromatic carbocycles. The van der Waals surface area contributed by atoms with Crippen molar-refractivity contribution < 1.29 is 9.90 Å². The highest BCUT2D eigenvalue weighted by molar-refractivity contribution is 5.76. The van der Waals surface area contributed by atoms with Crippen molar-refractivity contribution in [1.29, 1.82) is 0 Å². The SMILES string of the molecule is CCCC1(C(=O)O)CC(N)C1. The van der Waals surface area contributed by atoms with Crippen LogP contribution < -0.4 is 5.73 Å². The van der Waals surface area contributed by atoms with E-state index in [1.165, 1.54) is 0 Å². The van der Waals surface area contributed by atoms with Crippen LogP contribution in [0.15, 0.2) is 0 Å². The zero-order valence-corrected chi connectivity index (χ0v) is 6.84.